The molecule has 1 fully saturated rings. The fourth-order valence-corrected chi connectivity index (χ4v) is 3.11. The standard InChI is InChI=1S/C15H19BrFNO2/c16-13-9-11(17)5-6-12(13)14(19)18-10-15(20)7-3-1-2-4-8-15/h5-6,9,20H,1-4,7-8,10H2,(H,18,19). The lowest BCUT2D eigenvalue weighted by molar-refractivity contribution is 0.0246. The summed E-state index contributed by atoms with van der Waals surface area (Å²) in [6.07, 6.45) is 5.70. The van der Waals surface area contributed by atoms with Gasteiger partial charge in [-0.3, -0.25) is 4.79 Å². The van der Waals surface area contributed by atoms with Gasteiger partial charge in [0.25, 0.3) is 5.91 Å². The van der Waals surface area contributed by atoms with E-state index in [-0.39, 0.29) is 12.5 Å². The van der Waals surface area contributed by atoms with Crippen LogP contribution in [0.5, 0.6) is 0 Å². The van der Waals surface area contributed by atoms with Gasteiger partial charge in [0, 0.05) is 11.0 Å². The van der Waals surface area contributed by atoms with Gasteiger partial charge in [-0.25, -0.2) is 4.39 Å². The number of carbonyl (C=O) groups excluding carboxylic acids is 1. The zero-order valence-electron chi connectivity index (χ0n) is 11.3. The Labute approximate surface area is 126 Å². The lowest BCUT2D eigenvalue weighted by Crippen LogP contribution is -2.42. The van der Waals surface area contributed by atoms with Crippen LogP contribution >= 0.6 is 15.9 Å². The van der Waals surface area contributed by atoms with Crippen LogP contribution in [-0.4, -0.2) is 23.2 Å². The summed E-state index contributed by atoms with van der Waals surface area (Å²) in [6, 6.07) is 3.95. The number of hydrogen-bond acceptors (Lipinski definition) is 2. The van der Waals surface area contributed by atoms with Crippen molar-refractivity contribution >= 4 is 21.8 Å². The van der Waals surface area contributed by atoms with Crippen LogP contribution in [-0.2, 0) is 0 Å². The monoisotopic (exact) mass is 343 g/mol. The van der Waals surface area contributed by atoms with Gasteiger partial charge in [0.05, 0.1) is 11.2 Å². The van der Waals surface area contributed by atoms with E-state index in [1.807, 2.05) is 0 Å². The van der Waals surface area contributed by atoms with Gasteiger partial charge in [-0.05, 0) is 47.0 Å². The molecule has 5 heteroatoms. The van der Waals surface area contributed by atoms with Crippen LogP contribution in [0.4, 0.5) is 4.39 Å². The molecular formula is C15H19BrFNO2. The minimum Gasteiger partial charge on any atom is -0.388 e. The first-order valence-electron chi connectivity index (χ1n) is 6.96. The first-order valence-corrected chi connectivity index (χ1v) is 7.75. The van der Waals surface area contributed by atoms with Gasteiger partial charge in [-0.1, -0.05) is 25.7 Å². The van der Waals surface area contributed by atoms with Crippen LogP contribution < -0.4 is 5.32 Å². The highest BCUT2D eigenvalue weighted by Gasteiger charge is 2.28. The van der Waals surface area contributed by atoms with Gasteiger partial charge in [-0.15, -0.1) is 0 Å². The fraction of sp³-hybridized carbons (Fsp3) is 0.533. The van der Waals surface area contributed by atoms with Crippen molar-refractivity contribution < 1.29 is 14.3 Å². The summed E-state index contributed by atoms with van der Waals surface area (Å²) in [5.41, 5.74) is -0.429. The Balaban J connectivity index is 1.97. The Hall–Kier alpha value is -0.940. The second kappa shape index (κ2) is 6.68. The van der Waals surface area contributed by atoms with Crippen LogP contribution in [0.15, 0.2) is 22.7 Å². The Bertz CT molecular complexity index is 485. The Morgan fingerprint density at radius 1 is 1.30 bits per heavy atom. The maximum atomic E-state index is 13.0. The molecule has 0 radical (unpaired) electrons. The number of carbonyl (C=O) groups is 1. The molecule has 2 N–H and O–H groups in total. The van der Waals surface area contributed by atoms with Crippen molar-refractivity contribution in [3.63, 3.8) is 0 Å². The minimum absolute atomic E-state index is 0.246. The number of halogens is 2. The molecule has 110 valence electrons. The topological polar surface area (TPSA) is 49.3 Å². The normalized spacial score (nSPS) is 18.4. The van der Waals surface area contributed by atoms with E-state index >= 15 is 0 Å². The molecule has 0 bridgehead atoms. The van der Waals surface area contributed by atoms with Crippen molar-refractivity contribution in [3.8, 4) is 0 Å². The van der Waals surface area contributed by atoms with Gasteiger partial charge >= 0.3 is 0 Å². The highest BCUT2D eigenvalue weighted by Crippen LogP contribution is 2.26. The summed E-state index contributed by atoms with van der Waals surface area (Å²) in [5, 5.41) is 13.2. The smallest absolute Gasteiger partial charge is 0.252 e. The van der Waals surface area contributed by atoms with E-state index in [1.54, 1.807) is 0 Å². The molecule has 0 atom stereocenters. The van der Waals surface area contributed by atoms with E-state index in [4.69, 9.17) is 0 Å². The Morgan fingerprint density at radius 3 is 2.55 bits per heavy atom. The Morgan fingerprint density at radius 2 is 1.95 bits per heavy atom. The van der Waals surface area contributed by atoms with Crippen molar-refractivity contribution in [2.24, 2.45) is 0 Å². The molecule has 2 rings (SSSR count). The summed E-state index contributed by atoms with van der Waals surface area (Å²) >= 11 is 3.18. The number of aliphatic hydroxyl groups is 1. The average Bonchev–Trinajstić information content (AvgIpc) is 2.61. The number of rotatable bonds is 3. The molecule has 1 aliphatic rings. The first-order chi connectivity index (χ1) is 9.50. The molecule has 20 heavy (non-hydrogen) atoms. The van der Waals surface area contributed by atoms with Crippen LogP contribution in [0, 0.1) is 5.82 Å². The van der Waals surface area contributed by atoms with Crippen molar-refractivity contribution in [1.29, 1.82) is 0 Å². The van der Waals surface area contributed by atoms with E-state index in [2.05, 4.69) is 21.2 Å². The first kappa shape index (κ1) is 15.4. The predicted octanol–water partition coefficient (Wildman–Crippen LogP) is 3.40. The van der Waals surface area contributed by atoms with Crippen molar-refractivity contribution in [2.45, 2.75) is 44.1 Å². The molecule has 1 saturated carbocycles. The highest BCUT2D eigenvalue weighted by atomic mass is 79.9. The van der Waals surface area contributed by atoms with E-state index in [1.165, 1.54) is 18.2 Å². The predicted molar refractivity (Wildman–Crippen MR) is 79.1 cm³/mol. The van der Waals surface area contributed by atoms with Gasteiger partial charge in [0.2, 0.25) is 0 Å². The SMILES string of the molecule is O=C(NCC1(O)CCCCCC1)c1ccc(F)cc1Br. The second-order valence-corrected chi connectivity index (χ2v) is 6.30. The molecule has 1 aromatic carbocycles. The maximum Gasteiger partial charge on any atom is 0.252 e. The van der Waals surface area contributed by atoms with E-state index in [0.717, 1.165) is 38.5 Å². The lowest BCUT2D eigenvalue weighted by atomic mass is 9.94. The second-order valence-electron chi connectivity index (χ2n) is 5.45. The minimum atomic E-state index is -0.807. The van der Waals surface area contributed by atoms with E-state index in [0.29, 0.717) is 10.0 Å². The summed E-state index contributed by atoms with van der Waals surface area (Å²) in [7, 11) is 0. The number of amides is 1. The van der Waals surface area contributed by atoms with Crippen molar-refractivity contribution in [3.05, 3.63) is 34.1 Å². The lowest BCUT2D eigenvalue weighted by Gasteiger charge is -2.26. The van der Waals surface area contributed by atoms with Crippen molar-refractivity contribution in [1.82, 2.24) is 5.32 Å². The molecule has 1 aliphatic carbocycles. The average molecular weight is 344 g/mol. The third kappa shape index (κ3) is 4.03. The van der Waals surface area contributed by atoms with Crippen LogP contribution in [0.1, 0.15) is 48.9 Å². The van der Waals surface area contributed by atoms with Gasteiger partial charge in [0.15, 0.2) is 0 Å². The zero-order chi connectivity index (χ0) is 14.6. The summed E-state index contributed by atoms with van der Waals surface area (Å²) in [6.45, 7) is 0.246. The maximum absolute atomic E-state index is 13.0. The summed E-state index contributed by atoms with van der Waals surface area (Å²) in [4.78, 5) is 12.1. The fourth-order valence-electron chi connectivity index (χ4n) is 2.58. The van der Waals surface area contributed by atoms with Crippen molar-refractivity contribution in [2.75, 3.05) is 6.54 Å². The molecule has 0 spiro atoms. The molecule has 0 aromatic heterocycles. The van der Waals surface area contributed by atoms with Gasteiger partial charge < -0.3 is 10.4 Å². The number of hydrogen-bond donors (Lipinski definition) is 2. The van der Waals surface area contributed by atoms with Crippen LogP contribution in [0.2, 0.25) is 0 Å². The summed E-state index contributed by atoms with van der Waals surface area (Å²) in [5.74, 6) is -0.689. The van der Waals surface area contributed by atoms with Crippen LogP contribution in [0.3, 0.4) is 0 Å². The Kier molecular flexibility index (Phi) is 5.16. The number of nitrogens with one attached hydrogen (secondary N) is 1. The van der Waals surface area contributed by atoms with Gasteiger partial charge in [-0.2, -0.15) is 0 Å². The number of benzene rings is 1. The molecule has 3 nitrogen and oxygen atoms in total. The van der Waals surface area contributed by atoms with Gasteiger partial charge in [0.1, 0.15) is 5.82 Å². The molecule has 0 unspecified atom stereocenters. The molecule has 0 aliphatic heterocycles. The molecule has 0 saturated heterocycles. The third-order valence-electron chi connectivity index (χ3n) is 3.79. The van der Waals surface area contributed by atoms with E-state index in [9.17, 15) is 14.3 Å². The highest BCUT2D eigenvalue weighted by molar-refractivity contribution is 9.10. The molecule has 0 heterocycles. The molecular weight excluding hydrogens is 325 g/mol. The quantitative estimate of drug-likeness (QED) is 0.826. The largest absolute Gasteiger partial charge is 0.388 e. The zero-order valence-corrected chi connectivity index (χ0v) is 12.9. The van der Waals surface area contributed by atoms with Crippen LogP contribution in [0.25, 0.3) is 0 Å². The molecule has 1 aromatic rings. The third-order valence-corrected chi connectivity index (χ3v) is 4.44. The van der Waals surface area contributed by atoms with E-state index < -0.39 is 11.4 Å². The summed E-state index contributed by atoms with van der Waals surface area (Å²) < 4.78 is 13.4. The molecule has 1 amide bonds.